The first kappa shape index (κ1) is 16.3. The molecule has 6 nitrogen and oxygen atoms in total. The van der Waals surface area contributed by atoms with Crippen molar-refractivity contribution in [3.8, 4) is 10.8 Å². The lowest BCUT2D eigenvalue weighted by molar-refractivity contribution is 0.150. The predicted molar refractivity (Wildman–Crippen MR) is 93.3 cm³/mol. The highest BCUT2D eigenvalue weighted by Gasteiger charge is 2.20. The molecule has 0 saturated heterocycles. The van der Waals surface area contributed by atoms with E-state index in [1.807, 2.05) is 17.5 Å². The van der Waals surface area contributed by atoms with Crippen LogP contribution in [0.3, 0.4) is 0 Å². The Morgan fingerprint density at radius 3 is 2.88 bits per heavy atom. The molecule has 0 radical (unpaired) electrons. The maximum Gasteiger partial charge on any atom is 0.291 e. The molecule has 3 aromatic heterocycles. The molecule has 0 bridgehead atoms. The zero-order chi connectivity index (χ0) is 17.4. The molecule has 9 heteroatoms. The van der Waals surface area contributed by atoms with Crippen molar-refractivity contribution >= 4 is 22.5 Å². The van der Waals surface area contributed by atoms with E-state index in [9.17, 15) is 8.78 Å². The molecule has 0 unspecified atom stereocenters. The van der Waals surface area contributed by atoms with E-state index < -0.39 is 6.43 Å². The number of nitrogens with one attached hydrogen (secondary N) is 2. The minimum atomic E-state index is -2.62. The third-order valence-corrected chi connectivity index (χ3v) is 4.97. The minimum absolute atomic E-state index is 0.288. The molecule has 2 N–H and O–H groups in total. The molecule has 1 saturated carbocycles. The number of nitrogens with zero attached hydrogens (tertiary/aromatic N) is 4. The van der Waals surface area contributed by atoms with Gasteiger partial charge in [0.1, 0.15) is 0 Å². The van der Waals surface area contributed by atoms with Gasteiger partial charge in [0.05, 0.1) is 17.4 Å². The monoisotopic (exact) mass is 364 g/mol. The smallest absolute Gasteiger partial charge is 0.291 e. The SMILES string of the molecule is Cc1cc(NCCNC2CC2)c2cnc(-c3nnc(C(F)F)s3)n2c1. The first-order chi connectivity index (χ1) is 12.1. The molecular weight excluding hydrogens is 346 g/mol. The highest BCUT2D eigenvalue weighted by atomic mass is 32.1. The van der Waals surface area contributed by atoms with Crippen LogP contribution >= 0.6 is 11.3 Å². The molecule has 25 heavy (non-hydrogen) atoms. The van der Waals surface area contributed by atoms with Gasteiger partial charge in [-0.1, -0.05) is 11.3 Å². The minimum Gasteiger partial charge on any atom is -0.382 e. The van der Waals surface area contributed by atoms with E-state index in [4.69, 9.17) is 0 Å². The highest BCUT2D eigenvalue weighted by molar-refractivity contribution is 7.14. The van der Waals surface area contributed by atoms with Crippen LogP contribution in [0.1, 0.15) is 29.8 Å². The number of halogens is 2. The molecule has 0 amide bonds. The fourth-order valence-electron chi connectivity index (χ4n) is 2.71. The quantitative estimate of drug-likeness (QED) is 0.630. The molecule has 1 fully saturated rings. The first-order valence-corrected chi connectivity index (χ1v) is 9.00. The van der Waals surface area contributed by atoms with E-state index in [1.54, 1.807) is 6.20 Å². The summed E-state index contributed by atoms with van der Waals surface area (Å²) in [6, 6.07) is 2.74. The Labute approximate surface area is 147 Å². The van der Waals surface area contributed by atoms with E-state index in [-0.39, 0.29) is 5.01 Å². The number of alkyl halides is 2. The van der Waals surface area contributed by atoms with Gasteiger partial charge in [-0.15, -0.1) is 10.2 Å². The largest absolute Gasteiger partial charge is 0.382 e. The van der Waals surface area contributed by atoms with Gasteiger partial charge < -0.3 is 10.6 Å². The summed E-state index contributed by atoms with van der Waals surface area (Å²) >= 11 is 0.871. The Kier molecular flexibility index (Phi) is 4.34. The average molecular weight is 364 g/mol. The Bertz CT molecular complexity index is 886. The number of rotatable bonds is 7. The number of aromatic nitrogens is 4. The van der Waals surface area contributed by atoms with E-state index in [1.165, 1.54) is 12.8 Å². The zero-order valence-corrected chi connectivity index (χ0v) is 14.5. The van der Waals surface area contributed by atoms with Crippen molar-refractivity contribution in [2.75, 3.05) is 18.4 Å². The lowest BCUT2D eigenvalue weighted by Crippen LogP contribution is -2.24. The summed E-state index contributed by atoms with van der Waals surface area (Å²) in [4.78, 5) is 4.38. The van der Waals surface area contributed by atoms with Crippen LogP contribution in [0.2, 0.25) is 0 Å². The molecule has 132 valence electrons. The third kappa shape index (κ3) is 3.47. The molecule has 0 spiro atoms. The van der Waals surface area contributed by atoms with Crippen LogP contribution in [-0.4, -0.2) is 38.7 Å². The van der Waals surface area contributed by atoms with Gasteiger partial charge in [0.2, 0.25) is 0 Å². The van der Waals surface area contributed by atoms with Crippen molar-refractivity contribution in [1.29, 1.82) is 0 Å². The summed E-state index contributed by atoms with van der Waals surface area (Å²) in [6.07, 6.45) is 3.57. The lowest BCUT2D eigenvalue weighted by atomic mass is 10.2. The molecule has 4 rings (SSSR count). The van der Waals surface area contributed by atoms with E-state index in [0.717, 1.165) is 41.2 Å². The number of anilines is 1. The average Bonchev–Trinajstić information content (AvgIpc) is 3.09. The maximum absolute atomic E-state index is 12.8. The fourth-order valence-corrected chi connectivity index (χ4v) is 3.40. The van der Waals surface area contributed by atoms with Crippen LogP contribution in [-0.2, 0) is 0 Å². The summed E-state index contributed by atoms with van der Waals surface area (Å²) in [5, 5.41) is 14.4. The normalized spacial score (nSPS) is 14.6. The summed E-state index contributed by atoms with van der Waals surface area (Å²) in [6.45, 7) is 3.70. The summed E-state index contributed by atoms with van der Waals surface area (Å²) in [5.74, 6) is 0.530. The number of hydrogen-bond donors (Lipinski definition) is 2. The van der Waals surface area contributed by atoms with Crippen molar-refractivity contribution in [3.63, 3.8) is 0 Å². The van der Waals surface area contributed by atoms with Gasteiger partial charge in [-0.3, -0.25) is 4.40 Å². The van der Waals surface area contributed by atoms with Gasteiger partial charge in [0, 0.05) is 25.3 Å². The Morgan fingerprint density at radius 2 is 2.16 bits per heavy atom. The van der Waals surface area contributed by atoms with Gasteiger partial charge >= 0.3 is 0 Å². The fraction of sp³-hybridized carbons (Fsp3) is 0.438. The van der Waals surface area contributed by atoms with Crippen LogP contribution in [0.4, 0.5) is 14.5 Å². The van der Waals surface area contributed by atoms with Gasteiger partial charge in [-0.25, -0.2) is 13.8 Å². The number of aryl methyl sites for hydroxylation is 1. The van der Waals surface area contributed by atoms with Crippen LogP contribution in [0.25, 0.3) is 16.3 Å². The second-order valence-corrected chi connectivity index (χ2v) is 7.18. The number of pyridine rings is 1. The molecule has 3 aromatic rings. The van der Waals surface area contributed by atoms with Gasteiger partial charge in [-0.2, -0.15) is 0 Å². The molecule has 0 aromatic carbocycles. The standard InChI is InChI=1S/C16H18F2N6S/c1-9-6-11(20-5-4-19-10-2-3-10)12-7-21-14(24(12)8-9)16-23-22-15(25-16)13(17)18/h6-8,10,13,19-20H,2-5H2,1H3. The van der Waals surface area contributed by atoms with Gasteiger partial charge in [-0.05, 0) is 31.4 Å². The topological polar surface area (TPSA) is 67.1 Å². The molecular formula is C16H18F2N6S. The maximum atomic E-state index is 12.8. The van der Waals surface area contributed by atoms with Crippen molar-refractivity contribution in [2.24, 2.45) is 0 Å². The molecule has 0 aliphatic heterocycles. The van der Waals surface area contributed by atoms with Crippen LogP contribution in [0.15, 0.2) is 18.5 Å². The first-order valence-electron chi connectivity index (χ1n) is 8.18. The van der Waals surface area contributed by atoms with Crippen molar-refractivity contribution in [2.45, 2.75) is 32.2 Å². The Balaban J connectivity index is 1.60. The summed E-state index contributed by atoms with van der Waals surface area (Å²) in [7, 11) is 0. The third-order valence-electron chi connectivity index (χ3n) is 4.05. The molecule has 1 aliphatic rings. The Hall–Kier alpha value is -2.13. The van der Waals surface area contributed by atoms with E-state index in [2.05, 4.69) is 31.9 Å². The highest BCUT2D eigenvalue weighted by Crippen LogP contribution is 2.30. The zero-order valence-electron chi connectivity index (χ0n) is 13.7. The number of imidazole rings is 1. The lowest BCUT2D eigenvalue weighted by Gasteiger charge is -2.10. The second-order valence-electron chi connectivity index (χ2n) is 6.17. The molecule has 0 atom stereocenters. The van der Waals surface area contributed by atoms with Crippen LogP contribution < -0.4 is 10.6 Å². The van der Waals surface area contributed by atoms with Crippen molar-refractivity contribution < 1.29 is 8.78 Å². The van der Waals surface area contributed by atoms with Gasteiger partial charge in [0.15, 0.2) is 15.8 Å². The van der Waals surface area contributed by atoms with Crippen LogP contribution in [0.5, 0.6) is 0 Å². The van der Waals surface area contributed by atoms with E-state index in [0.29, 0.717) is 16.9 Å². The number of fused-ring (bicyclic) bond motifs is 1. The molecule has 3 heterocycles. The summed E-state index contributed by atoms with van der Waals surface area (Å²) in [5.41, 5.74) is 2.90. The van der Waals surface area contributed by atoms with Crippen LogP contribution in [0, 0.1) is 6.92 Å². The van der Waals surface area contributed by atoms with Crippen molar-refractivity contribution in [3.05, 3.63) is 29.0 Å². The predicted octanol–water partition coefficient (Wildman–Crippen LogP) is 3.26. The second kappa shape index (κ2) is 6.64. The number of hydrogen-bond acceptors (Lipinski definition) is 6. The van der Waals surface area contributed by atoms with Crippen molar-refractivity contribution in [1.82, 2.24) is 24.9 Å². The Morgan fingerprint density at radius 1 is 1.32 bits per heavy atom. The summed E-state index contributed by atoms with van der Waals surface area (Å²) < 4.78 is 27.4. The van der Waals surface area contributed by atoms with E-state index >= 15 is 0 Å². The molecule has 1 aliphatic carbocycles. The van der Waals surface area contributed by atoms with Gasteiger partial charge in [0.25, 0.3) is 6.43 Å².